The van der Waals surface area contributed by atoms with Crippen LogP contribution >= 0.6 is 0 Å². The summed E-state index contributed by atoms with van der Waals surface area (Å²) >= 11 is 0. The fourth-order valence-corrected chi connectivity index (χ4v) is 8.77. The Morgan fingerprint density at radius 1 is 0.339 bits per heavy atom. The van der Waals surface area contributed by atoms with Gasteiger partial charge in [-0.3, -0.25) is 29.0 Å². The second-order valence-corrected chi connectivity index (χ2v) is 17.5. The van der Waals surface area contributed by atoms with Gasteiger partial charge in [0.2, 0.25) is 0 Å². The maximum absolute atomic E-state index is 14.2. The van der Waals surface area contributed by atoms with Crippen LogP contribution in [0.4, 0.5) is 0 Å². The highest BCUT2D eigenvalue weighted by Gasteiger charge is 2.37. The molecule has 56 heavy (non-hydrogen) atoms. The van der Waals surface area contributed by atoms with Crippen molar-refractivity contribution in [2.24, 2.45) is 0 Å². The zero-order chi connectivity index (χ0) is 40.0. The molecule has 0 radical (unpaired) electrons. The van der Waals surface area contributed by atoms with Gasteiger partial charge < -0.3 is 29.4 Å². The van der Waals surface area contributed by atoms with Gasteiger partial charge in [-0.1, -0.05) is 24.3 Å². The minimum Gasteiger partial charge on any atom is -0.335 e. The minimum absolute atomic E-state index is 0.249. The first-order chi connectivity index (χ1) is 26.8. The molecule has 296 valence electrons. The minimum atomic E-state index is -0.249. The van der Waals surface area contributed by atoms with Gasteiger partial charge in [-0.25, -0.2) is 0 Å². The van der Waals surface area contributed by atoms with Gasteiger partial charge in [-0.15, -0.1) is 0 Å². The van der Waals surface area contributed by atoms with Crippen LogP contribution in [-0.2, 0) is 0 Å². The van der Waals surface area contributed by atoms with Gasteiger partial charge in [-0.2, -0.15) is 0 Å². The standard InChI is InChI=1S/C44H56N8O4/c1-45(2)17-21-49(22-18-46(3)4)25-27-51-41(53)33-13-9-29-31-11-15-35-40-36(16-12-32(38(31)40)30-10-14-34(42(51)54)39(33)37(29)30)44(56)52(43(35)55)28-26-50(23-19-47(5)6)24-20-48(7)8/h9-16H,17-28H2,1-8H3/p+6. The summed E-state index contributed by atoms with van der Waals surface area (Å²) in [6.07, 6.45) is 0. The number of quaternary nitrogens is 6. The Balaban J connectivity index is 1.22. The third-order valence-electron chi connectivity index (χ3n) is 12.1. The first-order valence-corrected chi connectivity index (χ1v) is 20.5. The normalized spacial score (nSPS) is 14.9. The first kappa shape index (κ1) is 39.7. The zero-order valence-corrected chi connectivity index (χ0v) is 34.6. The molecule has 7 rings (SSSR count). The molecule has 0 saturated carbocycles. The molecule has 0 spiro atoms. The molecule has 12 nitrogen and oxygen atoms in total. The van der Waals surface area contributed by atoms with Crippen molar-refractivity contribution in [2.45, 2.75) is 0 Å². The Kier molecular flexibility index (Phi) is 11.4. The van der Waals surface area contributed by atoms with E-state index in [1.807, 2.05) is 48.5 Å². The zero-order valence-electron chi connectivity index (χ0n) is 34.6. The maximum Gasteiger partial charge on any atom is 0.261 e. The molecule has 2 aliphatic heterocycles. The van der Waals surface area contributed by atoms with Crippen LogP contribution in [0.5, 0.6) is 0 Å². The van der Waals surface area contributed by atoms with Crippen molar-refractivity contribution in [3.05, 3.63) is 70.8 Å². The number of rotatable bonds is 18. The molecule has 0 atom stereocenters. The molecule has 0 saturated heterocycles. The van der Waals surface area contributed by atoms with Crippen LogP contribution in [0, 0.1) is 0 Å². The van der Waals surface area contributed by atoms with Gasteiger partial charge in [0, 0.05) is 33.0 Å². The number of nitrogens with one attached hydrogen (secondary N) is 6. The predicted molar refractivity (Wildman–Crippen MR) is 220 cm³/mol. The summed E-state index contributed by atoms with van der Waals surface area (Å²) in [7, 11) is 17.2. The molecule has 0 bridgehead atoms. The van der Waals surface area contributed by atoms with Crippen molar-refractivity contribution < 1.29 is 48.6 Å². The molecular formula is C44H62N8O4+6. The molecule has 0 aliphatic carbocycles. The third kappa shape index (κ3) is 7.37. The number of carbonyl (C=O) groups is 4. The summed E-state index contributed by atoms with van der Waals surface area (Å²) < 4.78 is 0. The van der Waals surface area contributed by atoms with Gasteiger partial charge in [0.05, 0.1) is 82.6 Å². The molecule has 5 aromatic carbocycles. The number of likely N-dealkylation sites (N-methyl/N-ethyl adjacent to an activating group) is 4. The number of carbonyl (C=O) groups excluding carboxylic acids is 4. The molecule has 2 heterocycles. The van der Waals surface area contributed by atoms with E-state index in [1.54, 1.807) is 0 Å². The second-order valence-electron chi connectivity index (χ2n) is 17.5. The predicted octanol–water partition coefficient (Wildman–Crippen LogP) is -4.72. The molecule has 0 aromatic heterocycles. The number of amides is 4. The number of benzene rings is 5. The molecule has 12 heteroatoms. The molecule has 0 unspecified atom stereocenters. The van der Waals surface area contributed by atoms with Crippen molar-refractivity contribution in [3.63, 3.8) is 0 Å². The number of fused-ring (bicyclic) bond motifs is 2. The number of imide groups is 2. The molecule has 5 aromatic rings. The second kappa shape index (κ2) is 16.1. The average Bonchev–Trinajstić information content (AvgIpc) is 3.16. The van der Waals surface area contributed by atoms with E-state index in [0.717, 1.165) is 84.7 Å². The Bertz CT molecular complexity index is 2010. The monoisotopic (exact) mass is 766 g/mol. The summed E-state index contributed by atoms with van der Waals surface area (Å²) in [5.74, 6) is -0.998. The molecule has 0 fully saturated rings. The summed E-state index contributed by atoms with van der Waals surface area (Å²) in [6, 6.07) is 15.4. The van der Waals surface area contributed by atoms with E-state index in [1.165, 1.54) is 39.2 Å². The highest BCUT2D eigenvalue weighted by molar-refractivity contribution is 6.41. The van der Waals surface area contributed by atoms with Crippen molar-refractivity contribution >= 4 is 66.7 Å². The van der Waals surface area contributed by atoms with Crippen LogP contribution < -0.4 is 29.4 Å². The van der Waals surface area contributed by atoms with Gasteiger partial charge in [-0.05, 0) is 56.6 Å². The smallest absolute Gasteiger partial charge is 0.261 e. The van der Waals surface area contributed by atoms with Crippen LogP contribution in [0.2, 0.25) is 0 Å². The van der Waals surface area contributed by atoms with Crippen LogP contribution in [0.15, 0.2) is 48.5 Å². The van der Waals surface area contributed by atoms with Crippen molar-refractivity contribution in [2.75, 3.05) is 135 Å². The quantitative estimate of drug-likeness (QED) is 0.0307. The van der Waals surface area contributed by atoms with Gasteiger partial charge in [0.1, 0.15) is 52.4 Å². The molecule has 2 aliphatic rings. The largest absolute Gasteiger partial charge is 0.335 e. The average molecular weight is 767 g/mol. The van der Waals surface area contributed by atoms with E-state index in [9.17, 15) is 19.2 Å². The first-order valence-electron chi connectivity index (χ1n) is 20.5. The Labute approximate surface area is 330 Å². The molecule has 6 N–H and O–H groups in total. The summed E-state index contributed by atoms with van der Waals surface area (Å²) in [4.78, 5) is 68.0. The van der Waals surface area contributed by atoms with Gasteiger partial charge >= 0.3 is 0 Å². The van der Waals surface area contributed by atoms with E-state index in [-0.39, 0.29) is 23.6 Å². The Morgan fingerprint density at radius 3 is 0.821 bits per heavy atom. The Hall–Kier alpha value is -4.56. The van der Waals surface area contributed by atoms with E-state index in [0.29, 0.717) is 59.2 Å². The lowest BCUT2D eigenvalue weighted by Crippen LogP contribution is -3.21. The van der Waals surface area contributed by atoms with E-state index in [4.69, 9.17) is 0 Å². The fraction of sp³-hybridized carbons (Fsp3) is 0.455. The van der Waals surface area contributed by atoms with E-state index < -0.39 is 0 Å². The van der Waals surface area contributed by atoms with Crippen LogP contribution in [0.25, 0.3) is 43.1 Å². The Morgan fingerprint density at radius 2 is 0.589 bits per heavy atom. The van der Waals surface area contributed by atoms with Crippen LogP contribution in [0.1, 0.15) is 41.4 Å². The fourth-order valence-electron chi connectivity index (χ4n) is 8.77. The third-order valence-corrected chi connectivity index (χ3v) is 12.1. The summed E-state index contributed by atoms with van der Waals surface area (Å²) in [6.45, 7) is 10.1. The van der Waals surface area contributed by atoms with Crippen molar-refractivity contribution in [3.8, 4) is 0 Å². The number of hydrogen-bond donors (Lipinski definition) is 6. The molecular weight excluding hydrogens is 705 g/mol. The van der Waals surface area contributed by atoms with Crippen LogP contribution in [0.3, 0.4) is 0 Å². The number of nitrogens with zero attached hydrogens (tertiary/aromatic N) is 2. The van der Waals surface area contributed by atoms with Crippen LogP contribution in [-0.4, -0.2) is 168 Å². The molecule has 4 amide bonds. The van der Waals surface area contributed by atoms with E-state index >= 15 is 0 Å². The van der Waals surface area contributed by atoms with E-state index in [2.05, 4.69) is 56.4 Å². The topological polar surface area (TPSA) is 101 Å². The highest BCUT2D eigenvalue weighted by atomic mass is 16.2. The summed E-state index contributed by atoms with van der Waals surface area (Å²) in [5, 5.41) is 6.78. The lowest BCUT2D eigenvalue weighted by Gasteiger charge is -2.31. The summed E-state index contributed by atoms with van der Waals surface area (Å²) in [5.41, 5.74) is 2.18. The SMILES string of the molecule is C[NH+](C)CC[NH+](CCN1C(=O)c2ccc3c4ccc5c6c(ccc(c7ccc(c2c37)C1=O)c64)C(=O)N(CC[NH+](CC[NH+](C)C)CC[NH+](C)C)C5=O)CC[NH+](C)C. The van der Waals surface area contributed by atoms with Gasteiger partial charge in [0.25, 0.3) is 23.6 Å². The lowest BCUT2D eigenvalue weighted by molar-refractivity contribution is -0.963. The van der Waals surface area contributed by atoms with Gasteiger partial charge in [0.15, 0.2) is 0 Å². The highest BCUT2D eigenvalue weighted by Crippen LogP contribution is 2.46. The maximum atomic E-state index is 14.2. The van der Waals surface area contributed by atoms with Crippen molar-refractivity contribution in [1.82, 2.24) is 9.80 Å². The lowest BCUT2D eigenvalue weighted by atomic mass is 9.82. The number of hydrogen-bond acceptors (Lipinski definition) is 4. The van der Waals surface area contributed by atoms with Crippen molar-refractivity contribution in [1.29, 1.82) is 0 Å².